The second-order valence-electron chi connectivity index (χ2n) is 9.92. The Labute approximate surface area is 163 Å². The minimum Gasteiger partial charge on any atom is -0.389 e. The van der Waals surface area contributed by atoms with Crippen molar-refractivity contribution in [1.82, 2.24) is 4.90 Å². The molecule has 1 fully saturated rings. The molecule has 1 saturated heterocycles. The van der Waals surface area contributed by atoms with Crippen molar-refractivity contribution < 1.29 is 5.11 Å². The molecular formula is C25H31NO. The van der Waals surface area contributed by atoms with E-state index in [0.717, 1.165) is 38.8 Å². The average molecular weight is 362 g/mol. The van der Waals surface area contributed by atoms with Gasteiger partial charge in [-0.1, -0.05) is 63.2 Å². The number of piperidine rings is 1. The molecule has 1 N–H and O–H groups in total. The van der Waals surface area contributed by atoms with Gasteiger partial charge in [-0.15, -0.1) is 0 Å². The quantitative estimate of drug-likeness (QED) is 0.725. The standard InChI is InChI=1S/C25H31NO/c1-24(2,3)25(27)13-14-26-16-21-19-9-5-4-7-17(19)11-12-18-8-6-10-20(23(18)21)22(26)15-25/h4-10,21-22,27H,11-16H2,1-3H3/t21-,22-,25+/m1/s1. The second kappa shape index (κ2) is 5.93. The molecule has 3 atom stereocenters. The predicted molar refractivity (Wildman–Crippen MR) is 110 cm³/mol. The topological polar surface area (TPSA) is 23.5 Å². The van der Waals surface area contributed by atoms with Gasteiger partial charge in [0.25, 0.3) is 0 Å². The van der Waals surface area contributed by atoms with E-state index in [-0.39, 0.29) is 5.41 Å². The van der Waals surface area contributed by atoms with Crippen LogP contribution in [0.1, 0.15) is 73.4 Å². The highest BCUT2D eigenvalue weighted by Crippen LogP contribution is 2.51. The van der Waals surface area contributed by atoms with Gasteiger partial charge in [-0.25, -0.2) is 0 Å². The number of fused-ring (bicyclic) bond motifs is 4. The van der Waals surface area contributed by atoms with Crippen LogP contribution >= 0.6 is 0 Å². The van der Waals surface area contributed by atoms with Crippen LogP contribution in [0.3, 0.4) is 0 Å². The summed E-state index contributed by atoms with van der Waals surface area (Å²) < 4.78 is 0. The largest absolute Gasteiger partial charge is 0.389 e. The molecule has 2 heteroatoms. The van der Waals surface area contributed by atoms with Gasteiger partial charge in [0.2, 0.25) is 0 Å². The van der Waals surface area contributed by atoms with Crippen LogP contribution < -0.4 is 0 Å². The molecule has 0 radical (unpaired) electrons. The summed E-state index contributed by atoms with van der Waals surface area (Å²) in [6.07, 6.45) is 3.99. The van der Waals surface area contributed by atoms with Gasteiger partial charge >= 0.3 is 0 Å². The molecule has 2 heterocycles. The highest BCUT2D eigenvalue weighted by atomic mass is 16.3. The smallest absolute Gasteiger partial charge is 0.0726 e. The molecule has 5 rings (SSSR count). The van der Waals surface area contributed by atoms with E-state index in [2.05, 4.69) is 68.1 Å². The fourth-order valence-corrected chi connectivity index (χ4v) is 5.76. The third-order valence-electron chi connectivity index (χ3n) is 7.63. The maximum absolute atomic E-state index is 11.5. The predicted octanol–water partition coefficient (Wildman–Crippen LogP) is 4.84. The Kier molecular flexibility index (Phi) is 3.83. The van der Waals surface area contributed by atoms with E-state index in [0.29, 0.717) is 12.0 Å². The maximum atomic E-state index is 11.5. The first-order valence-electron chi connectivity index (χ1n) is 10.5. The number of hydrogen-bond donors (Lipinski definition) is 1. The van der Waals surface area contributed by atoms with Crippen molar-refractivity contribution in [2.45, 2.75) is 64.0 Å². The van der Waals surface area contributed by atoms with Crippen LogP contribution in [0.5, 0.6) is 0 Å². The lowest BCUT2D eigenvalue weighted by Crippen LogP contribution is -2.55. The van der Waals surface area contributed by atoms with Gasteiger partial charge in [-0.3, -0.25) is 4.90 Å². The Hall–Kier alpha value is -1.64. The summed E-state index contributed by atoms with van der Waals surface area (Å²) in [6, 6.07) is 16.3. The van der Waals surface area contributed by atoms with Crippen molar-refractivity contribution in [1.29, 1.82) is 0 Å². The molecule has 0 saturated carbocycles. The number of nitrogens with zero attached hydrogens (tertiary/aromatic N) is 1. The summed E-state index contributed by atoms with van der Waals surface area (Å²) in [5.74, 6) is 0.479. The molecule has 0 bridgehead atoms. The van der Waals surface area contributed by atoms with E-state index in [1.807, 2.05) is 0 Å². The van der Waals surface area contributed by atoms with Crippen molar-refractivity contribution in [2.24, 2.45) is 5.41 Å². The van der Waals surface area contributed by atoms with Gasteiger partial charge in [-0.05, 0) is 58.9 Å². The number of hydrogen-bond acceptors (Lipinski definition) is 2. The molecule has 27 heavy (non-hydrogen) atoms. The molecular weight excluding hydrogens is 330 g/mol. The van der Waals surface area contributed by atoms with Crippen LogP contribution in [0, 0.1) is 5.41 Å². The van der Waals surface area contributed by atoms with E-state index < -0.39 is 5.60 Å². The maximum Gasteiger partial charge on any atom is 0.0726 e. The van der Waals surface area contributed by atoms with Crippen molar-refractivity contribution in [3.05, 3.63) is 70.3 Å². The zero-order chi connectivity index (χ0) is 18.8. The van der Waals surface area contributed by atoms with Gasteiger partial charge in [0.1, 0.15) is 0 Å². The fraction of sp³-hybridized carbons (Fsp3) is 0.520. The van der Waals surface area contributed by atoms with Gasteiger partial charge in [-0.2, -0.15) is 0 Å². The Morgan fingerprint density at radius 1 is 0.963 bits per heavy atom. The minimum atomic E-state index is -0.591. The van der Waals surface area contributed by atoms with Gasteiger partial charge in [0.15, 0.2) is 0 Å². The first kappa shape index (κ1) is 17.5. The van der Waals surface area contributed by atoms with Crippen LogP contribution in [-0.2, 0) is 12.8 Å². The monoisotopic (exact) mass is 361 g/mol. The van der Waals surface area contributed by atoms with Crippen LogP contribution in [0.4, 0.5) is 0 Å². The minimum absolute atomic E-state index is 0.0890. The first-order chi connectivity index (χ1) is 12.9. The Bertz CT molecular complexity index is 880. The molecule has 2 aliphatic heterocycles. The highest BCUT2D eigenvalue weighted by molar-refractivity contribution is 5.51. The zero-order valence-electron chi connectivity index (χ0n) is 16.8. The number of aryl methyl sites for hydroxylation is 2. The van der Waals surface area contributed by atoms with Crippen molar-refractivity contribution in [3.8, 4) is 0 Å². The summed E-state index contributed by atoms with van der Waals surface area (Å²) in [5, 5.41) is 11.5. The van der Waals surface area contributed by atoms with Crippen LogP contribution in [0.15, 0.2) is 42.5 Å². The number of rotatable bonds is 0. The van der Waals surface area contributed by atoms with Crippen molar-refractivity contribution >= 4 is 0 Å². The van der Waals surface area contributed by atoms with E-state index in [4.69, 9.17) is 0 Å². The van der Waals surface area contributed by atoms with E-state index in [1.165, 1.54) is 22.3 Å². The number of benzene rings is 2. The molecule has 0 amide bonds. The second-order valence-corrected chi connectivity index (χ2v) is 9.92. The Morgan fingerprint density at radius 3 is 2.48 bits per heavy atom. The SMILES string of the molecule is CC(C)(C)[C@]1(O)CCN2C[C@@H]3c4ccccc4CCc4cccc(c43)[C@H]2C1. The zero-order valence-corrected chi connectivity index (χ0v) is 16.8. The van der Waals surface area contributed by atoms with Gasteiger partial charge in [0.05, 0.1) is 5.60 Å². The van der Waals surface area contributed by atoms with Crippen molar-refractivity contribution in [2.75, 3.05) is 13.1 Å². The summed E-state index contributed by atoms with van der Waals surface area (Å²) in [7, 11) is 0. The lowest BCUT2D eigenvalue weighted by Gasteiger charge is -2.53. The van der Waals surface area contributed by atoms with E-state index in [1.54, 1.807) is 5.56 Å². The average Bonchev–Trinajstić information content (AvgIpc) is 2.80. The molecule has 0 spiro atoms. The van der Waals surface area contributed by atoms with Gasteiger partial charge < -0.3 is 5.11 Å². The highest BCUT2D eigenvalue weighted by Gasteiger charge is 2.49. The molecule has 2 aromatic rings. The summed E-state index contributed by atoms with van der Waals surface area (Å²) in [5.41, 5.74) is 6.94. The lowest BCUT2D eigenvalue weighted by molar-refractivity contribution is -0.119. The molecule has 3 aliphatic rings. The molecule has 0 aromatic heterocycles. The van der Waals surface area contributed by atoms with Crippen LogP contribution in [0.25, 0.3) is 0 Å². The fourth-order valence-electron chi connectivity index (χ4n) is 5.76. The molecule has 142 valence electrons. The molecule has 2 aromatic carbocycles. The number of aliphatic hydroxyl groups is 1. The Morgan fingerprint density at radius 2 is 1.67 bits per heavy atom. The molecule has 1 aliphatic carbocycles. The third kappa shape index (κ3) is 2.61. The first-order valence-corrected chi connectivity index (χ1v) is 10.5. The Balaban J connectivity index is 1.64. The summed E-state index contributed by atoms with van der Waals surface area (Å²) in [4.78, 5) is 2.65. The van der Waals surface area contributed by atoms with Crippen LogP contribution in [0.2, 0.25) is 0 Å². The van der Waals surface area contributed by atoms with E-state index >= 15 is 0 Å². The van der Waals surface area contributed by atoms with Gasteiger partial charge in [0, 0.05) is 25.0 Å². The normalized spacial score (nSPS) is 30.1. The molecule has 0 unspecified atom stereocenters. The van der Waals surface area contributed by atoms with Crippen molar-refractivity contribution in [3.63, 3.8) is 0 Å². The summed E-state index contributed by atoms with van der Waals surface area (Å²) in [6.45, 7) is 8.65. The van der Waals surface area contributed by atoms with E-state index in [9.17, 15) is 5.11 Å². The molecule has 2 nitrogen and oxygen atoms in total. The summed E-state index contributed by atoms with van der Waals surface area (Å²) >= 11 is 0. The van der Waals surface area contributed by atoms with Crippen LogP contribution in [-0.4, -0.2) is 28.7 Å². The third-order valence-corrected chi connectivity index (χ3v) is 7.63. The lowest BCUT2D eigenvalue weighted by atomic mass is 9.66.